The number of imidazole rings is 1. The summed E-state index contributed by atoms with van der Waals surface area (Å²) < 4.78 is 22.0. The summed E-state index contributed by atoms with van der Waals surface area (Å²) >= 11 is 3.26. The third-order valence-electron chi connectivity index (χ3n) is 4.25. The largest absolute Gasteiger partial charge is 0.478 e. The highest BCUT2D eigenvalue weighted by molar-refractivity contribution is 9.10. The number of nitrogens with zero attached hydrogens (tertiary/aromatic N) is 2. The molecule has 0 spiro atoms. The SMILES string of the molecule is COCCn1c(Cc2ccc(Br)cc2F)nc2c(C)cc(C(=O)O)cc21. The molecule has 0 unspecified atom stereocenters. The number of aromatic nitrogens is 2. The summed E-state index contributed by atoms with van der Waals surface area (Å²) in [5, 5.41) is 9.33. The van der Waals surface area contributed by atoms with Crippen molar-refractivity contribution in [3.05, 3.63) is 63.1 Å². The van der Waals surface area contributed by atoms with Gasteiger partial charge >= 0.3 is 5.97 Å². The molecule has 0 aliphatic heterocycles. The maximum absolute atomic E-state index is 14.3. The number of ether oxygens (including phenoxy) is 1. The zero-order chi connectivity index (χ0) is 18.8. The minimum atomic E-state index is -0.991. The zero-order valence-corrected chi connectivity index (χ0v) is 16.0. The molecule has 0 saturated carbocycles. The molecule has 1 N–H and O–H groups in total. The number of aryl methyl sites for hydroxylation is 1. The number of benzene rings is 2. The fraction of sp³-hybridized carbons (Fsp3) is 0.263. The standard InChI is InChI=1S/C19H18BrFN2O3/c1-11-7-13(19(24)25)8-16-18(11)22-17(23(16)5-6-26-2)9-12-3-4-14(20)10-15(12)21/h3-4,7-8,10H,5-6,9H2,1-2H3,(H,24,25). The van der Waals surface area contributed by atoms with Crippen LogP contribution in [0.3, 0.4) is 0 Å². The predicted molar refractivity (Wildman–Crippen MR) is 100 cm³/mol. The van der Waals surface area contributed by atoms with Crippen molar-refractivity contribution in [3.63, 3.8) is 0 Å². The fourth-order valence-electron chi connectivity index (χ4n) is 2.97. The Morgan fingerprint density at radius 1 is 1.35 bits per heavy atom. The van der Waals surface area contributed by atoms with Gasteiger partial charge in [0.1, 0.15) is 11.6 Å². The number of hydrogen-bond acceptors (Lipinski definition) is 3. The van der Waals surface area contributed by atoms with Gasteiger partial charge in [0.2, 0.25) is 0 Å². The molecule has 1 heterocycles. The lowest BCUT2D eigenvalue weighted by Crippen LogP contribution is -2.10. The van der Waals surface area contributed by atoms with Crippen LogP contribution in [0.25, 0.3) is 11.0 Å². The Morgan fingerprint density at radius 3 is 2.77 bits per heavy atom. The van der Waals surface area contributed by atoms with Gasteiger partial charge in [0.25, 0.3) is 0 Å². The number of carboxylic acids is 1. The number of aromatic carboxylic acids is 1. The van der Waals surface area contributed by atoms with Gasteiger partial charge in [0.15, 0.2) is 0 Å². The van der Waals surface area contributed by atoms with Gasteiger partial charge in [-0.1, -0.05) is 22.0 Å². The van der Waals surface area contributed by atoms with Crippen molar-refractivity contribution in [2.75, 3.05) is 13.7 Å². The number of methoxy groups -OCH3 is 1. The van der Waals surface area contributed by atoms with Crippen molar-refractivity contribution in [2.45, 2.75) is 19.9 Å². The van der Waals surface area contributed by atoms with Gasteiger partial charge < -0.3 is 14.4 Å². The first-order chi connectivity index (χ1) is 12.4. The van der Waals surface area contributed by atoms with E-state index in [-0.39, 0.29) is 11.4 Å². The molecule has 0 amide bonds. The van der Waals surface area contributed by atoms with Gasteiger partial charge in [-0.2, -0.15) is 0 Å². The second-order valence-corrected chi connectivity index (χ2v) is 6.97. The molecule has 0 bridgehead atoms. The van der Waals surface area contributed by atoms with Crippen molar-refractivity contribution >= 4 is 32.9 Å². The lowest BCUT2D eigenvalue weighted by atomic mass is 10.1. The van der Waals surface area contributed by atoms with Crippen LogP contribution in [0.2, 0.25) is 0 Å². The quantitative estimate of drug-likeness (QED) is 0.649. The fourth-order valence-corrected chi connectivity index (χ4v) is 3.30. The van der Waals surface area contributed by atoms with E-state index in [1.807, 2.05) is 11.5 Å². The molecule has 0 aliphatic rings. The Labute approximate surface area is 158 Å². The van der Waals surface area contributed by atoms with Crippen molar-refractivity contribution < 1.29 is 19.0 Å². The first kappa shape index (κ1) is 18.5. The van der Waals surface area contributed by atoms with Crippen LogP contribution in [-0.2, 0) is 17.7 Å². The zero-order valence-electron chi connectivity index (χ0n) is 14.4. The number of fused-ring (bicyclic) bond motifs is 1. The summed E-state index contributed by atoms with van der Waals surface area (Å²) in [6.45, 7) is 2.77. The molecule has 0 saturated heterocycles. The second-order valence-electron chi connectivity index (χ2n) is 6.05. The highest BCUT2D eigenvalue weighted by Gasteiger charge is 2.17. The monoisotopic (exact) mass is 420 g/mol. The van der Waals surface area contributed by atoms with Crippen LogP contribution in [0.5, 0.6) is 0 Å². The summed E-state index contributed by atoms with van der Waals surface area (Å²) in [4.78, 5) is 16.0. The maximum atomic E-state index is 14.3. The van der Waals surface area contributed by atoms with Gasteiger partial charge in [-0.15, -0.1) is 0 Å². The van der Waals surface area contributed by atoms with Crippen LogP contribution >= 0.6 is 15.9 Å². The predicted octanol–water partition coefficient (Wildman–Crippen LogP) is 4.18. The molecule has 0 atom stereocenters. The minimum absolute atomic E-state index is 0.204. The third kappa shape index (κ3) is 3.64. The van der Waals surface area contributed by atoms with Crippen LogP contribution in [0.15, 0.2) is 34.8 Å². The first-order valence-electron chi connectivity index (χ1n) is 8.06. The van der Waals surface area contributed by atoms with Crippen molar-refractivity contribution in [1.82, 2.24) is 9.55 Å². The summed E-state index contributed by atoms with van der Waals surface area (Å²) in [6.07, 6.45) is 0.305. The van der Waals surface area contributed by atoms with Crippen molar-refractivity contribution in [2.24, 2.45) is 0 Å². The Balaban J connectivity index is 2.13. The highest BCUT2D eigenvalue weighted by Crippen LogP contribution is 2.25. The molecule has 2 aromatic carbocycles. The Morgan fingerprint density at radius 2 is 2.12 bits per heavy atom. The Kier molecular flexibility index (Phi) is 5.38. The van der Waals surface area contributed by atoms with Crippen LogP contribution in [0, 0.1) is 12.7 Å². The number of carboxylic acid groups (broad SMARTS) is 1. The molecule has 1 aromatic heterocycles. The molecule has 3 rings (SSSR count). The summed E-state index contributed by atoms with van der Waals surface area (Å²) in [6, 6.07) is 8.13. The maximum Gasteiger partial charge on any atom is 0.335 e. The minimum Gasteiger partial charge on any atom is -0.478 e. The molecule has 0 aliphatic carbocycles. The average molecular weight is 421 g/mol. The lowest BCUT2D eigenvalue weighted by Gasteiger charge is -2.10. The molecule has 26 heavy (non-hydrogen) atoms. The molecule has 136 valence electrons. The Bertz CT molecular complexity index is 985. The van der Waals surface area contributed by atoms with Gasteiger partial charge in [-0.25, -0.2) is 14.2 Å². The van der Waals surface area contributed by atoms with Crippen LogP contribution in [-0.4, -0.2) is 34.3 Å². The van der Waals surface area contributed by atoms with Crippen LogP contribution in [0.1, 0.15) is 27.3 Å². The van der Waals surface area contributed by atoms with E-state index in [0.717, 1.165) is 11.1 Å². The van der Waals surface area contributed by atoms with Gasteiger partial charge in [0, 0.05) is 24.5 Å². The van der Waals surface area contributed by atoms with E-state index >= 15 is 0 Å². The number of halogens is 2. The topological polar surface area (TPSA) is 64.4 Å². The van der Waals surface area contributed by atoms with E-state index in [9.17, 15) is 14.3 Å². The second kappa shape index (κ2) is 7.55. The van der Waals surface area contributed by atoms with Gasteiger partial charge in [-0.05, 0) is 42.3 Å². The summed E-state index contributed by atoms with van der Waals surface area (Å²) in [5.74, 6) is -0.633. The van der Waals surface area contributed by atoms with E-state index in [0.29, 0.717) is 40.9 Å². The molecule has 7 heteroatoms. The molecular weight excluding hydrogens is 403 g/mol. The van der Waals surface area contributed by atoms with E-state index in [4.69, 9.17) is 4.74 Å². The molecule has 0 fully saturated rings. The number of carbonyl (C=O) groups is 1. The summed E-state index contributed by atoms with van der Waals surface area (Å²) in [5.41, 5.74) is 2.94. The van der Waals surface area contributed by atoms with E-state index in [2.05, 4.69) is 20.9 Å². The third-order valence-corrected chi connectivity index (χ3v) is 4.75. The van der Waals surface area contributed by atoms with Crippen LogP contribution in [0.4, 0.5) is 4.39 Å². The van der Waals surface area contributed by atoms with E-state index < -0.39 is 5.97 Å². The van der Waals surface area contributed by atoms with Crippen LogP contribution < -0.4 is 0 Å². The molecule has 5 nitrogen and oxygen atoms in total. The number of rotatable bonds is 6. The highest BCUT2D eigenvalue weighted by atomic mass is 79.9. The molecule has 0 radical (unpaired) electrons. The van der Waals surface area contributed by atoms with E-state index in [1.165, 1.54) is 6.07 Å². The van der Waals surface area contributed by atoms with Gasteiger partial charge in [0.05, 0.1) is 23.2 Å². The summed E-state index contributed by atoms with van der Waals surface area (Å²) in [7, 11) is 1.60. The van der Waals surface area contributed by atoms with E-state index in [1.54, 1.807) is 31.4 Å². The van der Waals surface area contributed by atoms with Gasteiger partial charge in [-0.3, -0.25) is 0 Å². The average Bonchev–Trinajstić information content (AvgIpc) is 2.93. The number of hydrogen-bond donors (Lipinski definition) is 1. The lowest BCUT2D eigenvalue weighted by molar-refractivity contribution is 0.0697. The smallest absolute Gasteiger partial charge is 0.335 e. The first-order valence-corrected chi connectivity index (χ1v) is 8.86. The molecular formula is C19H18BrFN2O3. The normalized spacial score (nSPS) is 11.2. The van der Waals surface area contributed by atoms with Crippen molar-refractivity contribution in [1.29, 1.82) is 0 Å². The van der Waals surface area contributed by atoms with Crippen molar-refractivity contribution in [3.8, 4) is 0 Å². The molecule has 3 aromatic rings. The Hall–Kier alpha value is -2.25.